The first-order valence-corrected chi connectivity index (χ1v) is 4.92. The summed E-state index contributed by atoms with van der Waals surface area (Å²) in [7, 11) is 0. The molecule has 16 heavy (non-hydrogen) atoms. The molecule has 0 bridgehead atoms. The van der Waals surface area contributed by atoms with Crippen molar-refractivity contribution in [3.8, 4) is 5.88 Å². The standard InChI is InChI=1S/C10H15N3O3/c1-2-15-5-6-16-9-7-8(3-4-12-9)10(11)13-14/h3-4,7,14H,2,5-6H2,1H3,(H2,11,13). The van der Waals surface area contributed by atoms with Crippen molar-refractivity contribution in [2.24, 2.45) is 10.9 Å². The molecule has 0 saturated carbocycles. The van der Waals surface area contributed by atoms with Crippen LogP contribution in [0.1, 0.15) is 12.5 Å². The first-order valence-electron chi connectivity index (χ1n) is 4.92. The number of nitrogens with two attached hydrogens (primary N) is 1. The second kappa shape index (κ2) is 6.62. The number of pyridine rings is 1. The van der Waals surface area contributed by atoms with Crippen molar-refractivity contribution in [3.05, 3.63) is 23.9 Å². The minimum absolute atomic E-state index is 0.0251. The highest BCUT2D eigenvalue weighted by molar-refractivity contribution is 5.97. The molecule has 0 aromatic carbocycles. The second-order valence-corrected chi connectivity index (χ2v) is 2.91. The van der Waals surface area contributed by atoms with Gasteiger partial charge < -0.3 is 20.4 Å². The predicted molar refractivity (Wildman–Crippen MR) is 58.7 cm³/mol. The van der Waals surface area contributed by atoms with Crippen LogP contribution in [0, 0.1) is 0 Å². The van der Waals surface area contributed by atoms with Crippen LogP contribution in [0.15, 0.2) is 23.5 Å². The number of amidine groups is 1. The lowest BCUT2D eigenvalue weighted by Crippen LogP contribution is -2.14. The molecule has 1 aromatic rings. The van der Waals surface area contributed by atoms with E-state index in [-0.39, 0.29) is 5.84 Å². The van der Waals surface area contributed by atoms with Gasteiger partial charge in [0.2, 0.25) is 5.88 Å². The van der Waals surface area contributed by atoms with Gasteiger partial charge in [0.05, 0.1) is 6.61 Å². The molecule has 0 aliphatic heterocycles. The summed E-state index contributed by atoms with van der Waals surface area (Å²) < 4.78 is 10.4. The van der Waals surface area contributed by atoms with Gasteiger partial charge in [0.25, 0.3) is 0 Å². The highest BCUT2D eigenvalue weighted by Gasteiger charge is 2.02. The Hall–Kier alpha value is -1.82. The van der Waals surface area contributed by atoms with Crippen LogP contribution < -0.4 is 10.5 Å². The molecular weight excluding hydrogens is 210 g/mol. The molecular formula is C10H15N3O3. The van der Waals surface area contributed by atoms with Crippen LogP contribution in [-0.2, 0) is 4.74 Å². The first-order chi connectivity index (χ1) is 7.77. The lowest BCUT2D eigenvalue weighted by molar-refractivity contribution is 0.108. The summed E-state index contributed by atoms with van der Waals surface area (Å²) in [6, 6.07) is 3.23. The molecule has 0 radical (unpaired) electrons. The fraction of sp³-hybridized carbons (Fsp3) is 0.400. The van der Waals surface area contributed by atoms with Gasteiger partial charge in [0, 0.05) is 24.4 Å². The van der Waals surface area contributed by atoms with Gasteiger partial charge >= 0.3 is 0 Å². The Balaban J connectivity index is 2.54. The maximum atomic E-state index is 8.51. The van der Waals surface area contributed by atoms with Crippen molar-refractivity contribution in [1.82, 2.24) is 4.98 Å². The maximum Gasteiger partial charge on any atom is 0.213 e. The highest BCUT2D eigenvalue weighted by atomic mass is 16.5. The quantitative estimate of drug-likeness (QED) is 0.243. The van der Waals surface area contributed by atoms with Gasteiger partial charge in [-0.1, -0.05) is 5.16 Å². The molecule has 3 N–H and O–H groups in total. The third-order valence-corrected chi connectivity index (χ3v) is 1.82. The van der Waals surface area contributed by atoms with E-state index in [1.165, 1.54) is 6.20 Å². The zero-order valence-electron chi connectivity index (χ0n) is 9.09. The van der Waals surface area contributed by atoms with Gasteiger partial charge in [-0.25, -0.2) is 4.98 Å². The molecule has 0 amide bonds. The number of rotatable bonds is 6. The van der Waals surface area contributed by atoms with Gasteiger partial charge in [-0.15, -0.1) is 0 Å². The predicted octanol–water partition coefficient (Wildman–Crippen LogP) is 0.591. The lowest BCUT2D eigenvalue weighted by Gasteiger charge is -2.06. The molecule has 6 heteroatoms. The molecule has 6 nitrogen and oxygen atoms in total. The monoisotopic (exact) mass is 225 g/mol. The van der Waals surface area contributed by atoms with Crippen molar-refractivity contribution >= 4 is 5.84 Å². The van der Waals surface area contributed by atoms with Crippen molar-refractivity contribution in [3.63, 3.8) is 0 Å². The number of hydrogen-bond acceptors (Lipinski definition) is 5. The Kier molecular flexibility index (Phi) is 5.07. The number of ether oxygens (including phenoxy) is 2. The van der Waals surface area contributed by atoms with Gasteiger partial charge in [-0.3, -0.25) is 0 Å². The van der Waals surface area contributed by atoms with E-state index >= 15 is 0 Å². The van der Waals surface area contributed by atoms with Crippen molar-refractivity contribution in [2.45, 2.75) is 6.92 Å². The second-order valence-electron chi connectivity index (χ2n) is 2.91. The largest absolute Gasteiger partial charge is 0.475 e. The van der Waals surface area contributed by atoms with Gasteiger partial charge in [-0.05, 0) is 13.0 Å². The van der Waals surface area contributed by atoms with Crippen LogP contribution in [0.4, 0.5) is 0 Å². The van der Waals surface area contributed by atoms with Crippen LogP contribution in [-0.4, -0.2) is 35.8 Å². The van der Waals surface area contributed by atoms with Crippen LogP contribution in [0.3, 0.4) is 0 Å². The summed E-state index contributed by atoms with van der Waals surface area (Å²) >= 11 is 0. The minimum atomic E-state index is 0.0251. The molecule has 88 valence electrons. The Morgan fingerprint density at radius 2 is 2.38 bits per heavy atom. The van der Waals surface area contributed by atoms with Crippen LogP contribution >= 0.6 is 0 Å². The molecule has 0 atom stereocenters. The minimum Gasteiger partial charge on any atom is -0.475 e. The van der Waals surface area contributed by atoms with Crippen molar-refractivity contribution in [2.75, 3.05) is 19.8 Å². The fourth-order valence-electron chi connectivity index (χ4n) is 1.05. The molecule has 0 saturated heterocycles. The van der Waals surface area contributed by atoms with Crippen LogP contribution in [0.2, 0.25) is 0 Å². The number of aromatic nitrogens is 1. The number of oxime groups is 1. The average molecular weight is 225 g/mol. The average Bonchev–Trinajstić information content (AvgIpc) is 2.34. The smallest absolute Gasteiger partial charge is 0.213 e. The third-order valence-electron chi connectivity index (χ3n) is 1.82. The van der Waals surface area contributed by atoms with E-state index in [1.807, 2.05) is 6.92 Å². The zero-order valence-corrected chi connectivity index (χ0v) is 9.09. The molecule has 0 spiro atoms. The molecule has 0 fully saturated rings. The Labute approximate surface area is 93.7 Å². The number of hydrogen-bond donors (Lipinski definition) is 2. The van der Waals surface area contributed by atoms with E-state index in [2.05, 4.69) is 10.1 Å². The normalized spacial score (nSPS) is 11.4. The fourth-order valence-corrected chi connectivity index (χ4v) is 1.05. The molecule has 1 heterocycles. The summed E-state index contributed by atoms with van der Waals surface area (Å²) in [6.45, 7) is 3.49. The Bertz CT molecular complexity index is 355. The molecule has 0 unspecified atom stereocenters. The SMILES string of the molecule is CCOCCOc1cc(/C(N)=N/O)ccn1. The summed E-state index contributed by atoms with van der Waals surface area (Å²) in [5, 5.41) is 11.4. The summed E-state index contributed by atoms with van der Waals surface area (Å²) in [6.07, 6.45) is 1.53. The Morgan fingerprint density at radius 1 is 1.56 bits per heavy atom. The van der Waals surface area contributed by atoms with Crippen molar-refractivity contribution < 1.29 is 14.7 Å². The molecule has 1 aromatic heterocycles. The topological polar surface area (TPSA) is 90.0 Å². The van der Waals surface area contributed by atoms with Crippen LogP contribution in [0.5, 0.6) is 5.88 Å². The van der Waals surface area contributed by atoms with E-state index in [4.69, 9.17) is 20.4 Å². The van der Waals surface area contributed by atoms with Gasteiger partial charge in [0.1, 0.15) is 6.61 Å². The first kappa shape index (κ1) is 12.3. The highest BCUT2D eigenvalue weighted by Crippen LogP contribution is 2.08. The molecule has 0 aliphatic carbocycles. The van der Waals surface area contributed by atoms with E-state index in [1.54, 1.807) is 12.1 Å². The zero-order chi connectivity index (χ0) is 11.8. The summed E-state index contributed by atoms with van der Waals surface area (Å²) in [5.41, 5.74) is 5.99. The van der Waals surface area contributed by atoms with E-state index in [0.717, 1.165) is 0 Å². The number of nitrogens with zero attached hydrogens (tertiary/aromatic N) is 2. The van der Waals surface area contributed by atoms with E-state index in [0.29, 0.717) is 31.3 Å². The molecule has 0 aliphatic rings. The van der Waals surface area contributed by atoms with Crippen molar-refractivity contribution in [1.29, 1.82) is 0 Å². The maximum absolute atomic E-state index is 8.51. The Morgan fingerprint density at radius 3 is 3.06 bits per heavy atom. The van der Waals surface area contributed by atoms with Gasteiger partial charge in [0.15, 0.2) is 5.84 Å². The van der Waals surface area contributed by atoms with Gasteiger partial charge in [-0.2, -0.15) is 0 Å². The van der Waals surface area contributed by atoms with Crippen LogP contribution in [0.25, 0.3) is 0 Å². The van der Waals surface area contributed by atoms with E-state index in [9.17, 15) is 0 Å². The van der Waals surface area contributed by atoms with E-state index < -0.39 is 0 Å². The molecule has 1 rings (SSSR count). The summed E-state index contributed by atoms with van der Waals surface area (Å²) in [5.74, 6) is 0.445. The lowest BCUT2D eigenvalue weighted by atomic mass is 10.2. The summed E-state index contributed by atoms with van der Waals surface area (Å²) in [4.78, 5) is 3.98. The third kappa shape index (κ3) is 3.74.